The highest BCUT2D eigenvalue weighted by Gasteiger charge is 2.18. The lowest BCUT2D eigenvalue weighted by Crippen LogP contribution is -2.43. The van der Waals surface area contributed by atoms with Crippen LogP contribution in [0.15, 0.2) is 0 Å². The maximum absolute atomic E-state index is 10.7. The van der Waals surface area contributed by atoms with Crippen LogP contribution in [0.3, 0.4) is 0 Å². The predicted molar refractivity (Wildman–Crippen MR) is 49.7 cm³/mol. The number of hydrogen-bond donors (Lipinski definition) is 3. The van der Waals surface area contributed by atoms with Gasteiger partial charge in [0.25, 0.3) is 0 Å². The molecule has 0 bridgehead atoms. The van der Waals surface area contributed by atoms with Gasteiger partial charge in [0.15, 0.2) is 0 Å². The van der Waals surface area contributed by atoms with Gasteiger partial charge in [0.1, 0.15) is 12.6 Å². The number of thioether (sulfide) groups is 1. The Morgan fingerprint density at radius 2 is 2.15 bits per heavy atom. The molecule has 0 saturated heterocycles. The summed E-state index contributed by atoms with van der Waals surface area (Å²) in [5, 5.41) is 19.2. The van der Waals surface area contributed by atoms with E-state index in [1.54, 1.807) is 0 Å². The topological polar surface area (TPSA) is 86.6 Å². The summed E-state index contributed by atoms with van der Waals surface area (Å²) in [5.74, 6) is -0.636. The summed E-state index contributed by atoms with van der Waals surface area (Å²) in [6.45, 7) is 1.22. The SMILES string of the molecule is CCSCC(NC(=O)CO)C(=O)O. The van der Waals surface area contributed by atoms with Crippen LogP contribution in [-0.2, 0) is 9.59 Å². The first-order chi connectivity index (χ1) is 6.11. The lowest BCUT2D eigenvalue weighted by atomic mass is 10.3. The molecule has 13 heavy (non-hydrogen) atoms. The van der Waals surface area contributed by atoms with E-state index in [9.17, 15) is 9.59 Å². The second-order valence-electron chi connectivity index (χ2n) is 2.28. The van der Waals surface area contributed by atoms with Crippen molar-refractivity contribution in [3.8, 4) is 0 Å². The average Bonchev–Trinajstić information content (AvgIpc) is 2.11. The Hall–Kier alpha value is -0.750. The zero-order valence-corrected chi connectivity index (χ0v) is 8.13. The molecule has 6 heteroatoms. The number of nitrogens with one attached hydrogen (secondary N) is 1. The van der Waals surface area contributed by atoms with Crippen molar-refractivity contribution < 1.29 is 19.8 Å². The predicted octanol–water partition coefficient (Wildman–Crippen LogP) is -0.699. The molecule has 0 aromatic heterocycles. The molecule has 3 N–H and O–H groups in total. The number of hydrogen-bond acceptors (Lipinski definition) is 4. The first kappa shape index (κ1) is 12.2. The summed E-state index contributed by atoms with van der Waals surface area (Å²) in [4.78, 5) is 21.2. The lowest BCUT2D eigenvalue weighted by Gasteiger charge is -2.12. The molecule has 76 valence electrons. The third kappa shape index (κ3) is 5.48. The quantitative estimate of drug-likeness (QED) is 0.536. The molecular formula is C7H13NO4S. The van der Waals surface area contributed by atoms with Gasteiger partial charge in [0.2, 0.25) is 5.91 Å². The first-order valence-corrected chi connectivity index (χ1v) is 4.98. The average molecular weight is 207 g/mol. The van der Waals surface area contributed by atoms with Crippen molar-refractivity contribution in [2.24, 2.45) is 0 Å². The molecular weight excluding hydrogens is 194 g/mol. The van der Waals surface area contributed by atoms with Crippen LogP contribution in [0.25, 0.3) is 0 Å². The summed E-state index contributed by atoms with van der Waals surface area (Å²) in [7, 11) is 0. The van der Waals surface area contributed by atoms with Crippen LogP contribution < -0.4 is 5.32 Å². The maximum atomic E-state index is 10.7. The summed E-state index contributed by atoms with van der Waals surface area (Å²) in [6, 6.07) is -0.912. The summed E-state index contributed by atoms with van der Waals surface area (Å²) in [5.41, 5.74) is 0. The fraction of sp³-hybridized carbons (Fsp3) is 0.714. The number of carboxylic acids is 1. The van der Waals surface area contributed by atoms with E-state index in [2.05, 4.69) is 5.32 Å². The number of aliphatic carboxylic acids is 1. The molecule has 1 atom stereocenters. The van der Waals surface area contributed by atoms with Gasteiger partial charge in [-0.05, 0) is 5.75 Å². The smallest absolute Gasteiger partial charge is 0.327 e. The number of amides is 1. The summed E-state index contributed by atoms with van der Waals surface area (Å²) in [6.07, 6.45) is 0. The van der Waals surface area contributed by atoms with Crippen molar-refractivity contribution in [3.63, 3.8) is 0 Å². The minimum Gasteiger partial charge on any atom is -0.480 e. The maximum Gasteiger partial charge on any atom is 0.327 e. The van der Waals surface area contributed by atoms with Crippen LogP contribution in [-0.4, -0.2) is 46.2 Å². The number of carboxylic acid groups (broad SMARTS) is 1. The van der Waals surface area contributed by atoms with Gasteiger partial charge in [-0.2, -0.15) is 11.8 Å². The first-order valence-electron chi connectivity index (χ1n) is 3.82. The number of carbonyl (C=O) groups excluding carboxylic acids is 1. The van der Waals surface area contributed by atoms with E-state index in [4.69, 9.17) is 10.2 Å². The van der Waals surface area contributed by atoms with E-state index in [1.807, 2.05) is 6.92 Å². The molecule has 0 saturated carbocycles. The molecule has 0 aromatic rings. The lowest BCUT2D eigenvalue weighted by molar-refractivity contribution is -0.141. The summed E-state index contributed by atoms with van der Waals surface area (Å²) >= 11 is 1.42. The van der Waals surface area contributed by atoms with Gasteiger partial charge in [-0.15, -0.1) is 0 Å². The van der Waals surface area contributed by atoms with E-state index in [1.165, 1.54) is 11.8 Å². The van der Waals surface area contributed by atoms with Gasteiger partial charge in [-0.1, -0.05) is 6.92 Å². The molecule has 1 unspecified atom stereocenters. The van der Waals surface area contributed by atoms with Crippen LogP contribution in [0, 0.1) is 0 Å². The van der Waals surface area contributed by atoms with Crippen molar-refractivity contribution >= 4 is 23.6 Å². The van der Waals surface area contributed by atoms with Gasteiger partial charge < -0.3 is 15.5 Å². The Balaban J connectivity index is 3.94. The Labute approximate surface area is 80.5 Å². The van der Waals surface area contributed by atoms with Gasteiger partial charge in [0, 0.05) is 5.75 Å². The Morgan fingerprint density at radius 1 is 1.54 bits per heavy atom. The second kappa shape index (κ2) is 6.73. The summed E-state index contributed by atoms with van der Waals surface area (Å²) < 4.78 is 0. The van der Waals surface area contributed by atoms with Crippen LogP contribution in [0.5, 0.6) is 0 Å². The number of carbonyl (C=O) groups is 2. The van der Waals surface area contributed by atoms with Gasteiger partial charge in [-0.25, -0.2) is 4.79 Å². The van der Waals surface area contributed by atoms with Crippen molar-refractivity contribution in [2.45, 2.75) is 13.0 Å². The molecule has 1 amide bonds. The molecule has 0 spiro atoms. The normalized spacial score (nSPS) is 12.2. The van der Waals surface area contributed by atoms with Crippen LogP contribution in [0.4, 0.5) is 0 Å². The number of aliphatic hydroxyl groups is 1. The monoisotopic (exact) mass is 207 g/mol. The molecule has 0 aliphatic heterocycles. The number of aliphatic hydroxyl groups excluding tert-OH is 1. The molecule has 0 aromatic carbocycles. The second-order valence-corrected chi connectivity index (χ2v) is 3.59. The van der Waals surface area contributed by atoms with Crippen molar-refractivity contribution in [3.05, 3.63) is 0 Å². The molecule has 0 fully saturated rings. The van der Waals surface area contributed by atoms with Crippen LogP contribution in [0.2, 0.25) is 0 Å². The third-order valence-corrected chi connectivity index (χ3v) is 2.24. The Kier molecular flexibility index (Phi) is 6.34. The van der Waals surface area contributed by atoms with Crippen LogP contribution >= 0.6 is 11.8 Å². The molecule has 5 nitrogen and oxygen atoms in total. The zero-order valence-electron chi connectivity index (χ0n) is 7.32. The number of rotatable bonds is 6. The van der Waals surface area contributed by atoms with Crippen molar-refractivity contribution in [1.82, 2.24) is 5.32 Å². The third-order valence-electron chi connectivity index (χ3n) is 1.27. The minimum atomic E-state index is -1.08. The Morgan fingerprint density at radius 3 is 2.54 bits per heavy atom. The Bertz CT molecular complexity index is 185. The fourth-order valence-electron chi connectivity index (χ4n) is 0.650. The van der Waals surface area contributed by atoms with E-state index >= 15 is 0 Å². The molecule has 0 radical (unpaired) electrons. The van der Waals surface area contributed by atoms with Crippen molar-refractivity contribution in [2.75, 3.05) is 18.1 Å². The van der Waals surface area contributed by atoms with Crippen LogP contribution in [0.1, 0.15) is 6.92 Å². The van der Waals surface area contributed by atoms with Gasteiger partial charge >= 0.3 is 5.97 Å². The van der Waals surface area contributed by atoms with Gasteiger partial charge in [0.05, 0.1) is 0 Å². The fourth-order valence-corrected chi connectivity index (χ4v) is 1.35. The molecule has 0 rings (SSSR count). The van der Waals surface area contributed by atoms with Gasteiger partial charge in [-0.3, -0.25) is 4.79 Å². The van der Waals surface area contributed by atoms with E-state index in [0.29, 0.717) is 5.75 Å². The minimum absolute atomic E-state index is 0.317. The van der Waals surface area contributed by atoms with Crippen molar-refractivity contribution in [1.29, 1.82) is 0 Å². The highest BCUT2D eigenvalue weighted by atomic mass is 32.2. The highest BCUT2D eigenvalue weighted by Crippen LogP contribution is 2.01. The zero-order chi connectivity index (χ0) is 10.3. The standard InChI is InChI=1S/C7H13NO4S/c1-2-13-4-5(7(11)12)8-6(10)3-9/h5,9H,2-4H2,1H3,(H,8,10)(H,11,12). The van der Waals surface area contributed by atoms with E-state index in [-0.39, 0.29) is 0 Å². The largest absolute Gasteiger partial charge is 0.480 e. The molecule has 0 heterocycles. The molecule has 0 aliphatic carbocycles. The van der Waals surface area contributed by atoms with E-state index < -0.39 is 24.5 Å². The highest BCUT2D eigenvalue weighted by molar-refractivity contribution is 7.99. The molecule has 0 aliphatic rings. The van der Waals surface area contributed by atoms with E-state index in [0.717, 1.165) is 5.75 Å².